The van der Waals surface area contributed by atoms with Crippen molar-refractivity contribution in [2.45, 2.75) is 26.3 Å². The largest absolute Gasteiger partial charge is 0.368 e. The van der Waals surface area contributed by atoms with E-state index < -0.39 is 0 Å². The van der Waals surface area contributed by atoms with Crippen LogP contribution >= 0.6 is 0 Å². The molecule has 0 bridgehead atoms. The zero-order chi connectivity index (χ0) is 14.5. The standard InChI is InChI=1S/C15H18N6/c1-2-3-9-16-14-13-15(18-11-17-14)21(20-19-13)10-12-7-5-4-6-8-12/h4-8,11H,2-3,9-10H2,1H3,(H,16,17,18). The average molecular weight is 282 g/mol. The Morgan fingerprint density at radius 1 is 1.14 bits per heavy atom. The molecule has 0 fully saturated rings. The van der Waals surface area contributed by atoms with Gasteiger partial charge in [-0.1, -0.05) is 48.9 Å². The minimum atomic E-state index is 0.656. The molecule has 0 aliphatic heterocycles. The van der Waals surface area contributed by atoms with Gasteiger partial charge in [0.1, 0.15) is 6.33 Å². The molecule has 0 saturated carbocycles. The van der Waals surface area contributed by atoms with Crippen molar-refractivity contribution in [1.29, 1.82) is 0 Å². The highest BCUT2D eigenvalue weighted by Gasteiger charge is 2.11. The molecule has 6 heteroatoms. The van der Waals surface area contributed by atoms with Crippen LogP contribution in [0.3, 0.4) is 0 Å². The van der Waals surface area contributed by atoms with Crippen LogP contribution in [-0.4, -0.2) is 31.5 Å². The number of nitrogens with one attached hydrogen (secondary N) is 1. The maximum Gasteiger partial charge on any atom is 0.184 e. The van der Waals surface area contributed by atoms with Crippen LogP contribution in [0, 0.1) is 0 Å². The van der Waals surface area contributed by atoms with Crippen molar-refractivity contribution < 1.29 is 0 Å². The predicted molar refractivity (Wildman–Crippen MR) is 82.1 cm³/mol. The van der Waals surface area contributed by atoms with Gasteiger partial charge in [-0.3, -0.25) is 0 Å². The van der Waals surface area contributed by atoms with Gasteiger partial charge in [0.25, 0.3) is 0 Å². The topological polar surface area (TPSA) is 68.5 Å². The van der Waals surface area contributed by atoms with E-state index in [0.29, 0.717) is 6.54 Å². The number of hydrogen-bond acceptors (Lipinski definition) is 5. The van der Waals surface area contributed by atoms with Crippen LogP contribution in [-0.2, 0) is 6.54 Å². The summed E-state index contributed by atoms with van der Waals surface area (Å²) in [5.41, 5.74) is 2.65. The van der Waals surface area contributed by atoms with Crippen molar-refractivity contribution in [2.75, 3.05) is 11.9 Å². The van der Waals surface area contributed by atoms with Gasteiger partial charge >= 0.3 is 0 Å². The van der Waals surface area contributed by atoms with Crippen LogP contribution in [0.5, 0.6) is 0 Å². The van der Waals surface area contributed by atoms with Crippen molar-refractivity contribution in [2.24, 2.45) is 0 Å². The molecule has 3 rings (SSSR count). The van der Waals surface area contributed by atoms with Gasteiger partial charge in [0.15, 0.2) is 17.0 Å². The van der Waals surface area contributed by atoms with Gasteiger partial charge in [-0.15, -0.1) is 5.10 Å². The van der Waals surface area contributed by atoms with Crippen molar-refractivity contribution in [3.8, 4) is 0 Å². The maximum absolute atomic E-state index is 4.31. The molecule has 0 radical (unpaired) electrons. The van der Waals surface area contributed by atoms with Crippen LogP contribution in [0.1, 0.15) is 25.3 Å². The quantitative estimate of drug-likeness (QED) is 0.703. The van der Waals surface area contributed by atoms with Crippen LogP contribution in [0.2, 0.25) is 0 Å². The number of anilines is 1. The summed E-state index contributed by atoms with van der Waals surface area (Å²) in [5.74, 6) is 0.757. The molecule has 0 spiro atoms. The summed E-state index contributed by atoms with van der Waals surface area (Å²) < 4.78 is 1.80. The molecule has 1 aromatic carbocycles. The summed E-state index contributed by atoms with van der Waals surface area (Å²) in [6, 6.07) is 10.2. The highest BCUT2D eigenvalue weighted by molar-refractivity contribution is 5.81. The molecule has 6 nitrogen and oxygen atoms in total. The van der Waals surface area contributed by atoms with Gasteiger partial charge in [-0.2, -0.15) is 0 Å². The molecular formula is C15H18N6. The van der Waals surface area contributed by atoms with E-state index in [9.17, 15) is 0 Å². The number of unbranched alkanes of at least 4 members (excludes halogenated alkanes) is 1. The van der Waals surface area contributed by atoms with E-state index in [1.54, 1.807) is 11.0 Å². The zero-order valence-electron chi connectivity index (χ0n) is 12.0. The van der Waals surface area contributed by atoms with E-state index in [4.69, 9.17) is 0 Å². The Morgan fingerprint density at radius 3 is 2.81 bits per heavy atom. The minimum absolute atomic E-state index is 0.656. The predicted octanol–water partition coefficient (Wildman–Crippen LogP) is 2.48. The van der Waals surface area contributed by atoms with Crippen LogP contribution in [0.25, 0.3) is 11.2 Å². The Morgan fingerprint density at radius 2 is 2.00 bits per heavy atom. The summed E-state index contributed by atoms with van der Waals surface area (Å²) in [6.07, 6.45) is 3.80. The highest BCUT2D eigenvalue weighted by atomic mass is 15.4. The average Bonchev–Trinajstić information content (AvgIpc) is 2.93. The first-order valence-electron chi connectivity index (χ1n) is 7.20. The van der Waals surface area contributed by atoms with E-state index in [2.05, 4.69) is 44.7 Å². The smallest absolute Gasteiger partial charge is 0.184 e. The van der Waals surface area contributed by atoms with Crippen LogP contribution < -0.4 is 5.32 Å². The Balaban J connectivity index is 1.86. The first-order chi connectivity index (χ1) is 10.4. The fourth-order valence-electron chi connectivity index (χ4n) is 2.17. The number of aromatic nitrogens is 5. The zero-order valence-corrected chi connectivity index (χ0v) is 12.0. The molecule has 0 aliphatic carbocycles. The van der Waals surface area contributed by atoms with E-state index >= 15 is 0 Å². The van der Waals surface area contributed by atoms with Crippen molar-refractivity contribution in [1.82, 2.24) is 25.0 Å². The van der Waals surface area contributed by atoms with Crippen molar-refractivity contribution in [3.05, 3.63) is 42.2 Å². The number of fused-ring (bicyclic) bond motifs is 1. The summed E-state index contributed by atoms with van der Waals surface area (Å²) in [6.45, 7) is 3.70. The first kappa shape index (κ1) is 13.5. The number of nitrogens with zero attached hydrogens (tertiary/aromatic N) is 5. The van der Waals surface area contributed by atoms with Crippen LogP contribution in [0.15, 0.2) is 36.7 Å². The highest BCUT2D eigenvalue weighted by Crippen LogP contribution is 2.16. The van der Waals surface area contributed by atoms with Crippen molar-refractivity contribution in [3.63, 3.8) is 0 Å². The van der Waals surface area contributed by atoms with Gasteiger partial charge < -0.3 is 5.32 Å². The van der Waals surface area contributed by atoms with Gasteiger partial charge in [0, 0.05) is 6.54 Å². The summed E-state index contributed by atoms with van der Waals surface area (Å²) in [4.78, 5) is 8.57. The first-order valence-corrected chi connectivity index (χ1v) is 7.20. The van der Waals surface area contributed by atoms with E-state index in [1.807, 2.05) is 18.2 Å². The molecule has 0 atom stereocenters. The SMILES string of the molecule is CCCCNc1ncnc2c1nnn2Cc1ccccc1. The third-order valence-electron chi connectivity index (χ3n) is 3.30. The van der Waals surface area contributed by atoms with E-state index in [1.165, 1.54) is 5.56 Å². The number of benzene rings is 1. The van der Waals surface area contributed by atoms with Gasteiger partial charge in [-0.05, 0) is 12.0 Å². The molecule has 0 unspecified atom stereocenters. The van der Waals surface area contributed by atoms with Gasteiger partial charge in [0.2, 0.25) is 0 Å². The normalized spacial score (nSPS) is 10.9. The van der Waals surface area contributed by atoms with E-state index in [-0.39, 0.29) is 0 Å². The molecule has 0 amide bonds. The monoisotopic (exact) mass is 282 g/mol. The summed E-state index contributed by atoms with van der Waals surface area (Å²) in [5, 5.41) is 11.7. The third kappa shape index (κ3) is 2.99. The molecule has 0 aliphatic rings. The van der Waals surface area contributed by atoms with Crippen LogP contribution in [0.4, 0.5) is 5.82 Å². The van der Waals surface area contributed by atoms with Gasteiger partial charge in [0.05, 0.1) is 6.54 Å². The molecule has 2 heterocycles. The lowest BCUT2D eigenvalue weighted by Gasteiger charge is -2.05. The molecule has 0 saturated heterocycles. The van der Waals surface area contributed by atoms with Crippen molar-refractivity contribution >= 4 is 17.0 Å². The second kappa shape index (κ2) is 6.30. The number of rotatable bonds is 6. The second-order valence-electron chi connectivity index (χ2n) is 4.91. The lowest BCUT2D eigenvalue weighted by Crippen LogP contribution is -2.05. The molecule has 3 aromatic rings. The lowest BCUT2D eigenvalue weighted by molar-refractivity contribution is 0.664. The van der Waals surface area contributed by atoms with Gasteiger partial charge in [-0.25, -0.2) is 14.6 Å². The Bertz CT molecular complexity index is 707. The van der Waals surface area contributed by atoms with E-state index in [0.717, 1.165) is 36.4 Å². The Labute approximate surface area is 123 Å². The second-order valence-corrected chi connectivity index (χ2v) is 4.91. The maximum atomic E-state index is 4.31. The summed E-state index contributed by atoms with van der Waals surface area (Å²) in [7, 11) is 0. The molecule has 2 aromatic heterocycles. The minimum Gasteiger partial charge on any atom is -0.368 e. The summed E-state index contributed by atoms with van der Waals surface area (Å²) >= 11 is 0. The Hall–Kier alpha value is -2.50. The number of hydrogen-bond donors (Lipinski definition) is 1. The molecular weight excluding hydrogens is 264 g/mol. The fourth-order valence-corrected chi connectivity index (χ4v) is 2.17. The molecule has 1 N–H and O–H groups in total. The molecule has 21 heavy (non-hydrogen) atoms. The third-order valence-corrected chi connectivity index (χ3v) is 3.30. The Kier molecular flexibility index (Phi) is 4.04. The molecule has 108 valence electrons. The fraction of sp³-hybridized carbons (Fsp3) is 0.333. The lowest BCUT2D eigenvalue weighted by atomic mass is 10.2.